The number of hydrogen-bond acceptors (Lipinski definition) is 8. The molecule has 11 heteroatoms. The monoisotopic (exact) mass is 594 g/mol. The van der Waals surface area contributed by atoms with E-state index in [0.717, 1.165) is 28.7 Å². The summed E-state index contributed by atoms with van der Waals surface area (Å²) in [5.74, 6) is -2.19. The second kappa shape index (κ2) is 11.4. The smallest absolute Gasteiger partial charge is 0.301 e. The van der Waals surface area contributed by atoms with Gasteiger partial charge in [0, 0.05) is 36.1 Å². The van der Waals surface area contributed by atoms with Crippen LogP contribution in [0.25, 0.3) is 5.76 Å². The van der Waals surface area contributed by atoms with Crippen LogP contribution in [0.2, 0.25) is 5.02 Å². The van der Waals surface area contributed by atoms with Crippen molar-refractivity contribution in [2.24, 2.45) is 0 Å². The van der Waals surface area contributed by atoms with Crippen LogP contribution in [-0.2, 0) is 15.3 Å². The van der Waals surface area contributed by atoms with Crippen molar-refractivity contribution in [2.45, 2.75) is 23.1 Å². The van der Waals surface area contributed by atoms with Gasteiger partial charge in [0.1, 0.15) is 11.6 Å². The number of carbonyl (C=O) groups is 2. The summed E-state index contributed by atoms with van der Waals surface area (Å²) in [6.45, 7) is 1.60. The van der Waals surface area contributed by atoms with Crippen LogP contribution in [0.3, 0.4) is 0 Å². The lowest BCUT2D eigenvalue weighted by Crippen LogP contribution is -2.29. The van der Waals surface area contributed by atoms with E-state index in [1.807, 2.05) is 55.4 Å². The third kappa shape index (κ3) is 5.34. The molecule has 204 valence electrons. The van der Waals surface area contributed by atoms with E-state index in [0.29, 0.717) is 26.2 Å². The summed E-state index contributed by atoms with van der Waals surface area (Å²) in [6.07, 6.45) is 0. The maximum Gasteiger partial charge on any atom is 0.301 e. The molecule has 0 bridgehead atoms. The van der Waals surface area contributed by atoms with Gasteiger partial charge in [-0.1, -0.05) is 77.2 Å². The number of carbonyl (C=O) groups excluding carboxylic acids is 2. The van der Waals surface area contributed by atoms with Crippen LogP contribution in [0.4, 0.5) is 15.2 Å². The van der Waals surface area contributed by atoms with Crippen molar-refractivity contribution in [2.75, 3.05) is 23.9 Å². The molecule has 0 radical (unpaired) electrons. The van der Waals surface area contributed by atoms with Crippen molar-refractivity contribution in [3.63, 3.8) is 0 Å². The number of aliphatic hydroxyl groups excluding tert-OH is 1. The molecule has 1 saturated heterocycles. The number of nitrogens with zero attached hydrogens (tertiary/aromatic N) is 4. The number of amides is 1. The number of halogens is 2. The zero-order valence-corrected chi connectivity index (χ0v) is 24.1. The van der Waals surface area contributed by atoms with Gasteiger partial charge in [-0.25, -0.2) is 4.39 Å². The first-order valence-electron chi connectivity index (χ1n) is 12.2. The fourth-order valence-corrected chi connectivity index (χ4v) is 6.46. The van der Waals surface area contributed by atoms with E-state index in [2.05, 4.69) is 10.2 Å². The summed E-state index contributed by atoms with van der Waals surface area (Å²) in [4.78, 5) is 30.0. The highest BCUT2D eigenvalue weighted by Crippen LogP contribution is 2.44. The lowest BCUT2D eigenvalue weighted by molar-refractivity contribution is -0.132. The molecule has 1 aromatic heterocycles. The van der Waals surface area contributed by atoms with Gasteiger partial charge in [-0.05, 0) is 47.9 Å². The number of anilines is 2. The van der Waals surface area contributed by atoms with Crippen molar-refractivity contribution < 1.29 is 19.1 Å². The Balaban J connectivity index is 1.56. The van der Waals surface area contributed by atoms with E-state index in [-0.39, 0.29) is 16.3 Å². The van der Waals surface area contributed by atoms with Crippen LogP contribution in [0, 0.1) is 12.7 Å². The van der Waals surface area contributed by atoms with Gasteiger partial charge in [0.05, 0.1) is 11.6 Å². The van der Waals surface area contributed by atoms with E-state index in [9.17, 15) is 19.1 Å². The quantitative estimate of drug-likeness (QED) is 0.0845. The van der Waals surface area contributed by atoms with Gasteiger partial charge in [0.15, 0.2) is 4.34 Å². The average Bonchev–Trinajstić information content (AvgIpc) is 3.51. The third-order valence-electron chi connectivity index (χ3n) is 6.53. The Labute approximate surface area is 243 Å². The molecule has 1 fully saturated rings. The van der Waals surface area contributed by atoms with Gasteiger partial charge in [-0.15, -0.1) is 10.2 Å². The van der Waals surface area contributed by atoms with E-state index in [1.54, 1.807) is 19.1 Å². The highest BCUT2D eigenvalue weighted by Gasteiger charge is 2.48. The molecule has 3 aromatic carbocycles. The zero-order chi connectivity index (χ0) is 28.6. The Kier molecular flexibility index (Phi) is 7.93. The zero-order valence-electron chi connectivity index (χ0n) is 21.8. The molecule has 1 N–H and O–H groups in total. The summed E-state index contributed by atoms with van der Waals surface area (Å²) < 4.78 is 15.0. The third-order valence-corrected chi connectivity index (χ3v) is 9.00. The summed E-state index contributed by atoms with van der Waals surface area (Å²) >= 11 is 8.84. The van der Waals surface area contributed by atoms with Crippen LogP contribution in [0.1, 0.15) is 28.3 Å². The lowest BCUT2D eigenvalue weighted by atomic mass is 9.95. The molecule has 7 nitrogen and oxygen atoms in total. The van der Waals surface area contributed by atoms with E-state index in [1.165, 1.54) is 28.8 Å². The molecule has 5 rings (SSSR count). The number of thioether (sulfide) groups is 1. The first kappa shape index (κ1) is 27.8. The molecule has 1 unspecified atom stereocenters. The van der Waals surface area contributed by atoms with Crippen LogP contribution < -0.4 is 9.80 Å². The standard InChI is InChI=1S/C29H24ClFN4O3S2/c1-16-8-9-18(14-22(16)31)25(36)23-24(17-10-12-20(13-11-17)34(2)3)35(27(38)26(23)37)28-32-33-29(40-28)39-15-19-6-4-5-7-21(19)30/h4-14,24,36H,15H2,1-3H3. The molecule has 0 saturated carbocycles. The second-order valence-electron chi connectivity index (χ2n) is 9.35. The van der Waals surface area contributed by atoms with E-state index < -0.39 is 29.3 Å². The van der Waals surface area contributed by atoms with E-state index in [4.69, 9.17) is 11.6 Å². The van der Waals surface area contributed by atoms with Crippen LogP contribution in [-0.4, -0.2) is 41.1 Å². The fourth-order valence-electron chi connectivity index (χ4n) is 4.31. The Hall–Kier alpha value is -3.73. The van der Waals surface area contributed by atoms with Gasteiger partial charge in [-0.2, -0.15) is 0 Å². The fraction of sp³-hybridized carbons (Fsp3) is 0.172. The topological polar surface area (TPSA) is 86.6 Å². The largest absolute Gasteiger partial charge is 0.507 e. The minimum Gasteiger partial charge on any atom is -0.507 e. The number of rotatable bonds is 7. The SMILES string of the molecule is Cc1ccc(C(O)=C2C(=O)C(=O)N(c3nnc(SCc4ccccc4Cl)s3)C2c2ccc(N(C)C)cc2)cc1F. The Morgan fingerprint density at radius 2 is 1.82 bits per heavy atom. The maximum atomic E-state index is 14.4. The molecule has 1 amide bonds. The molecular formula is C29H24ClFN4O3S2. The number of aromatic nitrogens is 2. The predicted molar refractivity (Wildman–Crippen MR) is 158 cm³/mol. The molecule has 40 heavy (non-hydrogen) atoms. The number of ketones is 1. The molecule has 1 aliphatic heterocycles. The molecular weight excluding hydrogens is 571 g/mol. The summed E-state index contributed by atoms with van der Waals surface area (Å²) in [5.41, 5.74) is 2.77. The van der Waals surface area contributed by atoms with Gasteiger partial charge in [-0.3, -0.25) is 14.5 Å². The van der Waals surface area contributed by atoms with Crippen molar-refractivity contribution >= 4 is 63.0 Å². The van der Waals surface area contributed by atoms with Gasteiger partial charge < -0.3 is 10.0 Å². The highest BCUT2D eigenvalue weighted by molar-refractivity contribution is 8.00. The Morgan fingerprint density at radius 3 is 2.50 bits per heavy atom. The van der Waals surface area contributed by atoms with Crippen LogP contribution >= 0.6 is 34.7 Å². The Bertz CT molecular complexity index is 1640. The van der Waals surface area contributed by atoms with Crippen molar-refractivity contribution in [3.05, 3.63) is 105 Å². The van der Waals surface area contributed by atoms with Crippen LogP contribution in [0.5, 0.6) is 0 Å². The number of benzene rings is 3. The number of aliphatic hydroxyl groups is 1. The summed E-state index contributed by atoms with van der Waals surface area (Å²) in [7, 11) is 3.80. The normalized spacial score (nSPS) is 16.5. The summed E-state index contributed by atoms with van der Waals surface area (Å²) in [6, 6.07) is 17.9. The summed E-state index contributed by atoms with van der Waals surface area (Å²) in [5, 5.41) is 20.6. The molecule has 1 atom stereocenters. The second-order valence-corrected chi connectivity index (χ2v) is 11.9. The van der Waals surface area contributed by atoms with Gasteiger partial charge >= 0.3 is 5.91 Å². The Morgan fingerprint density at radius 1 is 1.10 bits per heavy atom. The number of Topliss-reactive ketones (excluding diaryl/α,β-unsaturated/α-hetero) is 1. The first-order valence-corrected chi connectivity index (χ1v) is 14.4. The predicted octanol–water partition coefficient (Wildman–Crippen LogP) is 6.62. The molecule has 0 spiro atoms. The van der Waals surface area contributed by atoms with Crippen LogP contribution in [0.15, 0.2) is 76.6 Å². The molecule has 4 aromatic rings. The molecule has 0 aliphatic carbocycles. The van der Waals surface area contributed by atoms with E-state index >= 15 is 0 Å². The van der Waals surface area contributed by atoms with Gasteiger partial charge in [0.25, 0.3) is 5.78 Å². The van der Waals surface area contributed by atoms with Gasteiger partial charge in [0.2, 0.25) is 5.13 Å². The van der Waals surface area contributed by atoms with Crippen molar-refractivity contribution in [3.8, 4) is 0 Å². The average molecular weight is 595 g/mol. The number of hydrogen-bond donors (Lipinski definition) is 1. The molecule has 2 heterocycles. The minimum atomic E-state index is -0.991. The maximum absolute atomic E-state index is 14.4. The van der Waals surface area contributed by atoms with Crippen molar-refractivity contribution in [1.82, 2.24) is 10.2 Å². The highest BCUT2D eigenvalue weighted by atomic mass is 35.5. The number of aryl methyl sites for hydroxylation is 1. The lowest BCUT2D eigenvalue weighted by Gasteiger charge is -2.23. The first-order chi connectivity index (χ1) is 19.2. The minimum absolute atomic E-state index is 0.101. The molecule has 1 aliphatic rings. The van der Waals surface area contributed by atoms with Crippen molar-refractivity contribution in [1.29, 1.82) is 0 Å².